The highest BCUT2D eigenvalue weighted by Crippen LogP contribution is 2.34. The third-order valence-corrected chi connectivity index (χ3v) is 8.14. The number of hydrogen-bond donors (Lipinski definition) is 1. The highest BCUT2D eigenvalue weighted by Gasteiger charge is 2.34. The molecule has 82 valence electrons. The van der Waals surface area contributed by atoms with Crippen molar-refractivity contribution in [3.05, 3.63) is 38.0 Å². The van der Waals surface area contributed by atoms with Crippen LogP contribution in [0.15, 0.2) is 38.0 Å². The molecule has 1 unspecified atom stereocenters. The minimum atomic E-state index is -1.61. The van der Waals surface area contributed by atoms with Crippen LogP contribution in [0.5, 0.6) is 0 Å². The molecule has 1 nitrogen and oxygen atoms in total. The Morgan fingerprint density at radius 1 is 1.13 bits per heavy atom. The van der Waals surface area contributed by atoms with Gasteiger partial charge in [-0.25, -0.2) is 0 Å². The summed E-state index contributed by atoms with van der Waals surface area (Å²) in [4.78, 5) is 0. The van der Waals surface area contributed by atoms with Crippen molar-refractivity contribution in [2.24, 2.45) is 0 Å². The summed E-state index contributed by atoms with van der Waals surface area (Å²) in [6.07, 6.45) is 7.89. The summed E-state index contributed by atoms with van der Waals surface area (Å²) >= 11 is 0. The number of hydrogen-bond acceptors (Lipinski definition) is 1. The lowest BCUT2D eigenvalue weighted by Gasteiger charge is -2.31. The van der Waals surface area contributed by atoms with Crippen molar-refractivity contribution in [1.82, 2.24) is 0 Å². The van der Waals surface area contributed by atoms with E-state index in [1.165, 1.54) is 0 Å². The highest BCUT2D eigenvalue weighted by atomic mass is 28.3. The van der Waals surface area contributed by atoms with E-state index in [0.29, 0.717) is 0 Å². The summed E-state index contributed by atoms with van der Waals surface area (Å²) in [5, 5.41) is 8.69. The highest BCUT2D eigenvalue weighted by molar-refractivity contribution is 6.83. The van der Waals surface area contributed by atoms with Crippen molar-refractivity contribution in [3.8, 4) is 12.0 Å². The smallest absolute Gasteiger partial charge is 0.107 e. The normalized spacial score (nSPS) is 12.1. The van der Waals surface area contributed by atoms with Gasteiger partial charge in [-0.3, -0.25) is 0 Å². The largest absolute Gasteiger partial charge is 0.462 e. The minimum absolute atomic E-state index is 0.233. The SMILES string of the molecule is C=CC[Si](CC=C)(CC=C)C(C)C#CO. The number of aliphatic hydroxyl groups is 1. The van der Waals surface area contributed by atoms with E-state index in [1.807, 2.05) is 24.3 Å². The summed E-state index contributed by atoms with van der Waals surface area (Å²) < 4.78 is 0. The van der Waals surface area contributed by atoms with Gasteiger partial charge in [0.2, 0.25) is 0 Å². The van der Waals surface area contributed by atoms with Crippen LogP contribution in [0.1, 0.15) is 6.92 Å². The van der Waals surface area contributed by atoms with Crippen LogP contribution in [-0.2, 0) is 0 Å². The third-order valence-electron chi connectivity index (χ3n) is 2.85. The molecule has 0 amide bonds. The molecule has 0 spiro atoms. The molecule has 0 aromatic rings. The van der Waals surface area contributed by atoms with E-state index in [0.717, 1.165) is 18.1 Å². The summed E-state index contributed by atoms with van der Waals surface area (Å²) in [5.41, 5.74) is 0.233. The van der Waals surface area contributed by atoms with E-state index in [4.69, 9.17) is 5.11 Å². The van der Waals surface area contributed by atoms with Gasteiger partial charge in [0.1, 0.15) is 6.11 Å². The second-order valence-electron chi connectivity index (χ2n) is 3.82. The zero-order chi connectivity index (χ0) is 11.7. The maximum atomic E-state index is 8.69. The molecule has 0 bridgehead atoms. The molecule has 0 fully saturated rings. The monoisotopic (exact) mass is 220 g/mol. The molecule has 0 heterocycles. The van der Waals surface area contributed by atoms with E-state index in [2.05, 4.69) is 32.6 Å². The van der Waals surface area contributed by atoms with Gasteiger partial charge in [-0.1, -0.05) is 31.1 Å². The Morgan fingerprint density at radius 2 is 1.53 bits per heavy atom. The van der Waals surface area contributed by atoms with Crippen LogP contribution in [-0.4, -0.2) is 13.2 Å². The fourth-order valence-corrected chi connectivity index (χ4v) is 5.55. The first kappa shape index (κ1) is 13.8. The molecule has 1 atom stereocenters. The maximum absolute atomic E-state index is 8.69. The molecule has 0 aliphatic carbocycles. The first-order valence-corrected chi connectivity index (χ1v) is 7.84. The topological polar surface area (TPSA) is 20.2 Å². The average Bonchev–Trinajstić information content (AvgIpc) is 2.19. The van der Waals surface area contributed by atoms with Crippen molar-refractivity contribution < 1.29 is 5.11 Å². The molecule has 0 aromatic heterocycles. The summed E-state index contributed by atoms with van der Waals surface area (Å²) in [6, 6.07) is 2.96. The molecule has 0 aliphatic heterocycles. The summed E-state index contributed by atoms with van der Waals surface area (Å²) in [5.74, 6) is 2.86. The Hall–Kier alpha value is -1.20. The Balaban J connectivity index is 5.02. The number of rotatable bonds is 7. The Bertz CT molecular complexity index is 256. The van der Waals surface area contributed by atoms with Gasteiger partial charge in [0.05, 0.1) is 8.07 Å². The third kappa shape index (κ3) is 3.81. The van der Waals surface area contributed by atoms with E-state index >= 15 is 0 Å². The molecule has 0 saturated heterocycles. The number of allylic oxidation sites excluding steroid dienone is 3. The minimum Gasteiger partial charge on any atom is -0.462 e. The summed E-state index contributed by atoms with van der Waals surface area (Å²) in [7, 11) is -1.61. The zero-order valence-corrected chi connectivity index (χ0v) is 10.5. The standard InChI is InChI=1S/C13H20OSi/c1-5-10-15(11-6-2,12-7-3)13(4)8-9-14/h5-7,13-14H,1-3,10-12H2,4H3. The molecule has 0 aromatic carbocycles. The lowest BCUT2D eigenvalue weighted by Crippen LogP contribution is -2.36. The predicted molar refractivity (Wildman–Crippen MR) is 69.9 cm³/mol. The molecule has 0 aliphatic rings. The maximum Gasteiger partial charge on any atom is 0.107 e. The van der Waals surface area contributed by atoms with Crippen LogP contribution in [0, 0.1) is 12.0 Å². The van der Waals surface area contributed by atoms with Gasteiger partial charge in [-0.15, -0.1) is 19.7 Å². The number of aliphatic hydroxyl groups excluding tert-OH is 1. The first-order chi connectivity index (χ1) is 7.16. The van der Waals surface area contributed by atoms with E-state index in [-0.39, 0.29) is 5.54 Å². The summed E-state index contributed by atoms with van der Waals surface area (Å²) in [6.45, 7) is 13.5. The van der Waals surface area contributed by atoms with E-state index in [9.17, 15) is 0 Å². The van der Waals surface area contributed by atoms with Crippen LogP contribution in [0.4, 0.5) is 0 Å². The molecule has 2 heteroatoms. The second kappa shape index (κ2) is 7.14. The molecule has 0 radical (unpaired) electrons. The van der Waals surface area contributed by atoms with Crippen molar-refractivity contribution in [3.63, 3.8) is 0 Å². The van der Waals surface area contributed by atoms with Crippen LogP contribution >= 0.6 is 0 Å². The van der Waals surface area contributed by atoms with Crippen molar-refractivity contribution in [1.29, 1.82) is 0 Å². The van der Waals surface area contributed by atoms with E-state index in [1.54, 1.807) is 0 Å². The molecule has 1 N–H and O–H groups in total. The predicted octanol–water partition coefficient (Wildman–Crippen LogP) is 3.72. The second-order valence-corrected chi connectivity index (χ2v) is 8.63. The molecule has 0 saturated carbocycles. The quantitative estimate of drug-likeness (QED) is 0.394. The lowest BCUT2D eigenvalue weighted by molar-refractivity contribution is 0.516. The van der Waals surface area contributed by atoms with Crippen molar-refractivity contribution in [2.45, 2.75) is 30.6 Å². The van der Waals surface area contributed by atoms with Crippen LogP contribution in [0.2, 0.25) is 23.7 Å². The van der Waals surface area contributed by atoms with Gasteiger partial charge >= 0.3 is 0 Å². The van der Waals surface area contributed by atoms with E-state index < -0.39 is 8.07 Å². The average molecular weight is 220 g/mol. The Kier molecular flexibility index (Phi) is 6.56. The molecule has 0 rings (SSSR count). The van der Waals surface area contributed by atoms with Crippen LogP contribution in [0.25, 0.3) is 0 Å². The zero-order valence-electron chi connectivity index (χ0n) is 9.50. The Morgan fingerprint density at radius 3 is 1.80 bits per heavy atom. The fraction of sp³-hybridized carbons (Fsp3) is 0.385. The first-order valence-electron chi connectivity index (χ1n) is 5.14. The van der Waals surface area contributed by atoms with Crippen molar-refractivity contribution >= 4 is 8.07 Å². The van der Waals surface area contributed by atoms with Gasteiger partial charge in [0, 0.05) is 5.54 Å². The lowest BCUT2D eigenvalue weighted by atomic mass is 10.5. The van der Waals surface area contributed by atoms with Gasteiger partial charge < -0.3 is 5.11 Å². The molecule has 15 heavy (non-hydrogen) atoms. The molecular weight excluding hydrogens is 200 g/mol. The van der Waals surface area contributed by atoms with Crippen molar-refractivity contribution in [2.75, 3.05) is 0 Å². The van der Waals surface area contributed by atoms with Gasteiger partial charge in [0.15, 0.2) is 0 Å². The van der Waals surface area contributed by atoms with Crippen LogP contribution < -0.4 is 0 Å². The van der Waals surface area contributed by atoms with Gasteiger partial charge in [0.25, 0.3) is 0 Å². The van der Waals surface area contributed by atoms with Gasteiger partial charge in [-0.05, 0) is 18.1 Å². The van der Waals surface area contributed by atoms with Crippen LogP contribution in [0.3, 0.4) is 0 Å². The fourth-order valence-electron chi connectivity index (χ4n) is 1.89. The molecular formula is C13H20OSi. The Labute approximate surface area is 94.2 Å². The van der Waals surface area contributed by atoms with Gasteiger partial charge in [-0.2, -0.15) is 0 Å².